The lowest BCUT2D eigenvalue weighted by molar-refractivity contribution is -0.121. The number of fused-ring (bicyclic) bond motifs is 1. The monoisotopic (exact) mass is 410 g/mol. The molecule has 1 atom stereocenters. The van der Waals surface area contributed by atoms with Gasteiger partial charge in [0.2, 0.25) is 5.91 Å². The van der Waals surface area contributed by atoms with Crippen LogP contribution in [0.5, 0.6) is 0 Å². The van der Waals surface area contributed by atoms with Gasteiger partial charge in [0.25, 0.3) is 0 Å². The first-order chi connectivity index (χ1) is 14.6. The van der Waals surface area contributed by atoms with Crippen LogP contribution >= 0.6 is 0 Å². The van der Waals surface area contributed by atoms with Gasteiger partial charge in [0.15, 0.2) is 11.5 Å². The highest BCUT2D eigenvalue weighted by molar-refractivity contribution is 5.76. The molecule has 160 valence electrons. The van der Waals surface area contributed by atoms with Gasteiger partial charge >= 0.3 is 0 Å². The van der Waals surface area contributed by atoms with Crippen molar-refractivity contribution in [1.82, 2.24) is 25.1 Å². The van der Waals surface area contributed by atoms with Gasteiger partial charge in [-0.15, -0.1) is 15.3 Å². The number of nitrogens with one attached hydrogen (secondary N) is 1. The molecular weight excluding hydrogens is 380 g/mol. The molecule has 4 heterocycles. The molecule has 0 radical (unpaired) electrons. The first-order valence-corrected chi connectivity index (χ1v) is 10.9. The molecule has 8 nitrogen and oxygen atoms in total. The van der Waals surface area contributed by atoms with Gasteiger partial charge in [0.1, 0.15) is 11.6 Å². The normalized spacial score (nSPS) is 16.1. The number of anilines is 1. The minimum absolute atomic E-state index is 0.0138. The first kappa shape index (κ1) is 20.4. The average Bonchev–Trinajstić information content (AvgIpc) is 3.41. The maximum atomic E-state index is 12.4. The second-order valence-corrected chi connectivity index (χ2v) is 8.33. The van der Waals surface area contributed by atoms with Crippen molar-refractivity contribution in [2.75, 3.05) is 18.0 Å². The summed E-state index contributed by atoms with van der Waals surface area (Å²) >= 11 is 0. The van der Waals surface area contributed by atoms with Crippen LogP contribution in [0.2, 0.25) is 0 Å². The molecule has 1 aliphatic rings. The van der Waals surface area contributed by atoms with Gasteiger partial charge in [-0.3, -0.25) is 4.79 Å². The molecule has 1 amide bonds. The van der Waals surface area contributed by atoms with E-state index >= 15 is 0 Å². The van der Waals surface area contributed by atoms with Crippen molar-refractivity contribution < 1.29 is 9.21 Å². The number of rotatable bonds is 8. The van der Waals surface area contributed by atoms with Gasteiger partial charge in [-0.05, 0) is 56.4 Å². The Kier molecular flexibility index (Phi) is 6.30. The number of hydrogen-bond acceptors (Lipinski definition) is 6. The molecule has 3 aromatic heterocycles. The van der Waals surface area contributed by atoms with Crippen molar-refractivity contribution in [2.45, 2.75) is 58.4 Å². The second kappa shape index (κ2) is 9.28. The molecular formula is C22H30N6O2. The van der Waals surface area contributed by atoms with Gasteiger partial charge in [-0.25, -0.2) is 0 Å². The lowest BCUT2D eigenvalue weighted by Gasteiger charge is -2.30. The third-order valence-electron chi connectivity index (χ3n) is 5.81. The number of hydrogen-bond donors (Lipinski definition) is 1. The lowest BCUT2D eigenvalue weighted by Crippen LogP contribution is -2.34. The maximum Gasteiger partial charge on any atom is 0.220 e. The van der Waals surface area contributed by atoms with Crippen LogP contribution in [0.4, 0.5) is 5.82 Å². The molecule has 0 aliphatic carbocycles. The fourth-order valence-corrected chi connectivity index (χ4v) is 3.84. The van der Waals surface area contributed by atoms with E-state index in [2.05, 4.69) is 27.3 Å². The Balaban J connectivity index is 1.32. The van der Waals surface area contributed by atoms with Crippen LogP contribution in [-0.2, 0) is 17.6 Å². The van der Waals surface area contributed by atoms with E-state index < -0.39 is 0 Å². The van der Waals surface area contributed by atoms with Crippen molar-refractivity contribution in [3.8, 4) is 0 Å². The van der Waals surface area contributed by atoms with E-state index in [0.29, 0.717) is 18.5 Å². The number of carbonyl (C=O) groups is 1. The highest BCUT2D eigenvalue weighted by Crippen LogP contribution is 2.21. The SMILES string of the molecule is CC1CCN(c2ccc3nnc(CCC(=O)N[C@H](C)CCc4ccco4)n3n2)CC1. The Morgan fingerprint density at radius 3 is 2.83 bits per heavy atom. The van der Waals surface area contributed by atoms with Crippen LogP contribution in [0.1, 0.15) is 51.1 Å². The number of aryl methyl sites for hydroxylation is 2. The molecule has 0 saturated carbocycles. The summed E-state index contributed by atoms with van der Waals surface area (Å²) in [7, 11) is 0. The Morgan fingerprint density at radius 2 is 2.07 bits per heavy atom. The fourth-order valence-electron chi connectivity index (χ4n) is 3.84. The van der Waals surface area contributed by atoms with Crippen LogP contribution in [0.25, 0.3) is 5.65 Å². The smallest absolute Gasteiger partial charge is 0.220 e. The maximum absolute atomic E-state index is 12.4. The quantitative estimate of drug-likeness (QED) is 0.614. The second-order valence-electron chi connectivity index (χ2n) is 8.33. The minimum atomic E-state index is 0.0138. The van der Waals surface area contributed by atoms with E-state index in [1.165, 1.54) is 12.8 Å². The zero-order chi connectivity index (χ0) is 20.9. The standard InChI is InChI=1S/C22H30N6O2/c1-16-11-13-27(14-12-16)21-8-7-19-24-25-20(28(19)26-21)9-10-22(29)23-17(2)5-6-18-4-3-15-30-18/h3-4,7-8,15-17H,5-6,9-14H2,1-2H3,(H,23,29)/t17-/m1/s1. The van der Waals surface area contributed by atoms with Crippen LogP contribution in [0, 0.1) is 5.92 Å². The zero-order valence-corrected chi connectivity index (χ0v) is 17.8. The molecule has 1 saturated heterocycles. The Morgan fingerprint density at radius 1 is 1.23 bits per heavy atom. The molecule has 8 heteroatoms. The largest absolute Gasteiger partial charge is 0.469 e. The predicted molar refractivity (Wildman–Crippen MR) is 114 cm³/mol. The molecule has 0 bridgehead atoms. The van der Waals surface area contributed by atoms with Crippen molar-refractivity contribution >= 4 is 17.4 Å². The molecule has 4 rings (SSSR count). The highest BCUT2D eigenvalue weighted by atomic mass is 16.3. The number of furan rings is 1. The molecule has 1 fully saturated rings. The topological polar surface area (TPSA) is 88.6 Å². The van der Waals surface area contributed by atoms with Crippen LogP contribution in [-0.4, -0.2) is 44.8 Å². The summed E-state index contributed by atoms with van der Waals surface area (Å²) in [6.45, 7) is 6.36. The van der Waals surface area contributed by atoms with Crippen molar-refractivity contribution in [1.29, 1.82) is 0 Å². The molecule has 1 aliphatic heterocycles. The number of piperidine rings is 1. The van der Waals surface area contributed by atoms with Crippen molar-refractivity contribution in [2.24, 2.45) is 5.92 Å². The summed E-state index contributed by atoms with van der Waals surface area (Å²) in [5.74, 6) is 3.40. The number of nitrogens with zero attached hydrogens (tertiary/aromatic N) is 5. The predicted octanol–water partition coefficient (Wildman–Crippen LogP) is 3.02. The third kappa shape index (κ3) is 4.98. The van der Waals surface area contributed by atoms with Gasteiger partial charge in [-0.2, -0.15) is 4.52 Å². The minimum Gasteiger partial charge on any atom is -0.469 e. The molecule has 3 aromatic rings. The number of amides is 1. The van der Waals surface area contributed by atoms with Crippen LogP contribution < -0.4 is 10.2 Å². The zero-order valence-electron chi connectivity index (χ0n) is 17.8. The summed E-state index contributed by atoms with van der Waals surface area (Å²) in [5, 5.41) is 16.3. The van der Waals surface area contributed by atoms with Gasteiger partial charge in [-0.1, -0.05) is 6.92 Å². The van der Waals surface area contributed by atoms with Gasteiger partial charge < -0.3 is 14.6 Å². The fraction of sp³-hybridized carbons (Fsp3) is 0.545. The van der Waals surface area contributed by atoms with Gasteiger partial charge in [0.05, 0.1) is 6.26 Å². The highest BCUT2D eigenvalue weighted by Gasteiger charge is 2.18. The summed E-state index contributed by atoms with van der Waals surface area (Å²) < 4.78 is 7.12. The first-order valence-electron chi connectivity index (χ1n) is 10.9. The molecule has 0 aromatic carbocycles. The van der Waals surface area contributed by atoms with E-state index in [4.69, 9.17) is 9.52 Å². The summed E-state index contributed by atoms with van der Waals surface area (Å²) in [4.78, 5) is 14.7. The van der Waals surface area contributed by atoms with E-state index in [1.807, 2.05) is 31.2 Å². The molecule has 0 spiro atoms. The van der Waals surface area contributed by atoms with E-state index in [9.17, 15) is 4.79 Å². The number of carbonyl (C=O) groups excluding carboxylic acids is 1. The average molecular weight is 411 g/mol. The Bertz CT molecular complexity index is 959. The molecule has 1 N–H and O–H groups in total. The summed E-state index contributed by atoms with van der Waals surface area (Å²) in [6.07, 6.45) is 6.56. The van der Waals surface area contributed by atoms with Gasteiger partial charge in [0, 0.05) is 38.4 Å². The van der Waals surface area contributed by atoms with E-state index in [1.54, 1.807) is 10.8 Å². The Hall–Kier alpha value is -2.90. The number of aromatic nitrogens is 4. The summed E-state index contributed by atoms with van der Waals surface area (Å²) in [6, 6.07) is 7.89. The van der Waals surface area contributed by atoms with Crippen LogP contribution in [0.15, 0.2) is 34.9 Å². The summed E-state index contributed by atoms with van der Waals surface area (Å²) in [5.41, 5.74) is 0.714. The lowest BCUT2D eigenvalue weighted by atomic mass is 9.99. The molecule has 0 unspecified atom stereocenters. The third-order valence-corrected chi connectivity index (χ3v) is 5.81. The van der Waals surface area contributed by atoms with E-state index in [-0.39, 0.29) is 11.9 Å². The van der Waals surface area contributed by atoms with E-state index in [0.717, 1.165) is 49.3 Å². The van der Waals surface area contributed by atoms with Crippen LogP contribution in [0.3, 0.4) is 0 Å². The Labute approximate surface area is 176 Å². The molecule has 30 heavy (non-hydrogen) atoms. The van der Waals surface area contributed by atoms with Crippen molar-refractivity contribution in [3.63, 3.8) is 0 Å². The van der Waals surface area contributed by atoms with Crippen molar-refractivity contribution in [3.05, 3.63) is 42.1 Å².